The summed E-state index contributed by atoms with van der Waals surface area (Å²) >= 11 is 1.71. The van der Waals surface area contributed by atoms with Crippen LogP contribution in [-0.4, -0.2) is 70.3 Å². The summed E-state index contributed by atoms with van der Waals surface area (Å²) in [6.07, 6.45) is 4.52. The molecule has 0 spiro atoms. The number of anilines is 1. The molecule has 1 N–H and O–H groups in total. The lowest BCUT2D eigenvalue weighted by atomic mass is 10.1. The molecule has 174 valence electrons. The van der Waals surface area contributed by atoms with Crippen LogP contribution in [0.5, 0.6) is 0 Å². The van der Waals surface area contributed by atoms with Gasteiger partial charge in [0.25, 0.3) is 5.91 Å². The van der Waals surface area contributed by atoms with Crippen LogP contribution in [0.2, 0.25) is 0 Å². The zero-order valence-corrected chi connectivity index (χ0v) is 20.4. The van der Waals surface area contributed by atoms with Crippen LogP contribution >= 0.6 is 11.3 Å². The Morgan fingerprint density at radius 1 is 1.09 bits per heavy atom. The lowest BCUT2D eigenvalue weighted by Gasteiger charge is -2.27. The summed E-state index contributed by atoms with van der Waals surface area (Å²) in [5.41, 5.74) is 1.24. The largest absolute Gasteiger partial charge is 0.371 e. The summed E-state index contributed by atoms with van der Waals surface area (Å²) in [7, 11) is -0.615. The Hall–Kier alpha value is -1.94. The summed E-state index contributed by atoms with van der Waals surface area (Å²) in [5, 5.41) is 5.20. The average Bonchev–Trinajstić information content (AvgIpc) is 3.57. The Balaban J connectivity index is 1.60. The number of carbonyl (C=O) groups is 1. The van der Waals surface area contributed by atoms with Gasteiger partial charge in [-0.3, -0.25) is 9.69 Å². The third-order valence-corrected chi connectivity index (χ3v) is 9.13. The van der Waals surface area contributed by atoms with Crippen LogP contribution in [0.1, 0.15) is 47.0 Å². The molecule has 7 nitrogen and oxygen atoms in total. The Labute approximate surface area is 195 Å². The molecule has 2 aromatic rings. The maximum Gasteiger partial charge on any atom is 0.253 e. The molecule has 9 heteroatoms. The SMILES string of the molecule is CN(C)S(=O)(=O)c1ccc(N2CCCC2)c(C(=O)NCC(c2cccs2)N2CCCC2)c1. The fourth-order valence-electron chi connectivity index (χ4n) is 4.53. The van der Waals surface area contributed by atoms with Gasteiger partial charge in [0, 0.05) is 44.3 Å². The van der Waals surface area contributed by atoms with E-state index in [4.69, 9.17) is 0 Å². The van der Waals surface area contributed by atoms with E-state index < -0.39 is 10.0 Å². The first-order valence-electron chi connectivity index (χ1n) is 11.2. The lowest BCUT2D eigenvalue weighted by molar-refractivity contribution is 0.0938. The first-order valence-corrected chi connectivity index (χ1v) is 13.6. The minimum atomic E-state index is -3.62. The molecule has 32 heavy (non-hydrogen) atoms. The summed E-state index contributed by atoms with van der Waals surface area (Å²) in [4.78, 5) is 19.4. The summed E-state index contributed by atoms with van der Waals surface area (Å²) in [6.45, 7) is 4.34. The van der Waals surface area contributed by atoms with Crippen molar-refractivity contribution in [2.75, 3.05) is 51.7 Å². The molecule has 0 saturated carbocycles. The monoisotopic (exact) mass is 476 g/mol. The predicted octanol–water partition coefficient (Wildman–Crippen LogP) is 3.17. The van der Waals surface area contributed by atoms with E-state index in [0.29, 0.717) is 12.1 Å². The van der Waals surface area contributed by atoms with E-state index in [-0.39, 0.29) is 16.8 Å². The Kier molecular flexibility index (Phi) is 7.19. The summed E-state index contributed by atoms with van der Waals surface area (Å²) in [6, 6.07) is 9.25. The fraction of sp³-hybridized carbons (Fsp3) is 0.522. The smallest absolute Gasteiger partial charge is 0.253 e. The summed E-state index contributed by atoms with van der Waals surface area (Å²) < 4.78 is 26.6. The molecular weight excluding hydrogens is 444 g/mol. The molecule has 1 unspecified atom stereocenters. The van der Waals surface area contributed by atoms with Crippen LogP contribution in [0.25, 0.3) is 0 Å². The van der Waals surface area contributed by atoms with E-state index in [2.05, 4.69) is 26.6 Å². The van der Waals surface area contributed by atoms with Gasteiger partial charge in [0.05, 0.1) is 16.5 Å². The Morgan fingerprint density at radius 3 is 2.41 bits per heavy atom. The van der Waals surface area contributed by atoms with E-state index in [9.17, 15) is 13.2 Å². The van der Waals surface area contributed by atoms with Crippen LogP contribution in [0.3, 0.4) is 0 Å². The van der Waals surface area contributed by atoms with E-state index >= 15 is 0 Å². The van der Waals surface area contributed by atoms with Gasteiger partial charge < -0.3 is 10.2 Å². The molecular formula is C23H32N4O3S2. The molecule has 0 bridgehead atoms. The fourth-order valence-corrected chi connectivity index (χ4v) is 6.32. The number of rotatable bonds is 8. The number of likely N-dealkylation sites (tertiary alicyclic amines) is 1. The van der Waals surface area contributed by atoms with Gasteiger partial charge in [0.1, 0.15) is 0 Å². The lowest BCUT2D eigenvalue weighted by Crippen LogP contribution is -2.37. The molecule has 0 aliphatic carbocycles. The van der Waals surface area contributed by atoms with Gasteiger partial charge in [0.15, 0.2) is 0 Å². The van der Waals surface area contributed by atoms with Crippen molar-refractivity contribution < 1.29 is 13.2 Å². The number of nitrogens with one attached hydrogen (secondary N) is 1. The normalized spacial score (nSPS) is 18.4. The van der Waals surface area contributed by atoms with Gasteiger partial charge in [-0.25, -0.2) is 12.7 Å². The number of nitrogens with zero attached hydrogens (tertiary/aromatic N) is 3. The highest BCUT2D eigenvalue weighted by Crippen LogP contribution is 2.30. The van der Waals surface area contributed by atoms with E-state index in [0.717, 1.165) is 44.7 Å². The summed E-state index contributed by atoms with van der Waals surface area (Å²) in [5.74, 6) is -0.219. The molecule has 2 aliphatic rings. The highest BCUT2D eigenvalue weighted by atomic mass is 32.2. The number of sulfonamides is 1. The zero-order chi connectivity index (χ0) is 22.7. The van der Waals surface area contributed by atoms with Crippen molar-refractivity contribution in [2.24, 2.45) is 0 Å². The van der Waals surface area contributed by atoms with Gasteiger partial charge >= 0.3 is 0 Å². The third-order valence-electron chi connectivity index (χ3n) is 6.35. The zero-order valence-electron chi connectivity index (χ0n) is 18.8. The molecule has 0 radical (unpaired) electrons. The molecule has 1 aromatic carbocycles. The van der Waals surface area contributed by atoms with Gasteiger partial charge in [-0.05, 0) is 68.4 Å². The molecule has 3 heterocycles. The molecule has 1 amide bonds. The third kappa shape index (κ3) is 4.85. The predicted molar refractivity (Wildman–Crippen MR) is 129 cm³/mol. The first-order chi connectivity index (χ1) is 15.4. The standard InChI is InChI=1S/C23H32N4O3S2/c1-25(2)32(29,30)18-9-10-20(26-11-3-4-12-26)19(16-18)23(28)24-17-21(22-8-7-15-31-22)27-13-5-6-14-27/h7-10,15-16,21H,3-6,11-14,17H2,1-2H3,(H,24,28). The second-order valence-corrected chi connectivity index (χ2v) is 11.8. The van der Waals surface area contributed by atoms with Crippen LogP contribution in [0.4, 0.5) is 5.69 Å². The van der Waals surface area contributed by atoms with Crippen molar-refractivity contribution in [3.05, 3.63) is 46.2 Å². The quantitative estimate of drug-likeness (QED) is 0.634. The van der Waals surface area contributed by atoms with Crippen molar-refractivity contribution in [2.45, 2.75) is 36.6 Å². The molecule has 2 saturated heterocycles. The number of thiophene rings is 1. The van der Waals surface area contributed by atoms with Crippen LogP contribution in [0, 0.1) is 0 Å². The minimum Gasteiger partial charge on any atom is -0.371 e. The number of carbonyl (C=O) groups excluding carboxylic acids is 1. The number of hydrogen-bond acceptors (Lipinski definition) is 6. The Bertz CT molecular complexity index is 1030. The van der Waals surface area contributed by atoms with Crippen LogP contribution in [0.15, 0.2) is 40.6 Å². The van der Waals surface area contributed by atoms with Gasteiger partial charge in [-0.1, -0.05) is 6.07 Å². The number of amides is 1. The second kappa shape index (κ2) is 9.91. The average molecular weight is 477 g/mol. The van der Waals surface area contributed by atoms with Crippen molar-refractivity contribution in [1.82, 2.24) is 14.5 Å². The van der Waals surface area contributed by atoms with Crippen molar-refractivity contribution >= 4 is 33.0 Å². The number of hydrogen-bond donors (Lipinski definition) is 1. The highest BCUT2D eigenvalue weighted by molar-refractivity contribution is 7.89. The molecule has 2 fully saturated rings. The van der Waals surface area contributed by atoms with Crippen LogP contribution in [-0.2, 0) is 10.0 Å². The topological polar surface area (TPSA) is 73.0 Å². The van der Waals surface area contributed by atoms with E-state index in [1.54, 1.807) is 23.5 Å². The molecule has 1 atom stereocenters. The van der Waals surface area contributed by atoms with E-state index in [1.807, 2.05) is 6.07 Å². The Morgan fingerprint density at radius 2 is 1.78 bits per heavy atom. The van der Waals surface area contributed by atoms with Crippen LogP contribution < -0.4 is 10.2 Å². The molecule has 2 aliphatic heterocycles. The first kappa shape index (κ1) is 23.2. The van der Waals surface area contributed by atoms with E-state index in [1.165, 1.54) is 42.2 Å². The molecule has 1 aromatic heterocycles. The van der Waals surface area contributed by atoms with Gasteiger partial charge in [-0.15, -0.1) is 11.3 Å². The van der Waals surface area contributed by atoms with Crippen molar-refractivity contribution in [1.29, 1.82) is 0 Å². The molecule has 4 rings (SSSR count). The maximum absolute atomic E-state index is 13.4. The maximum atomic E-state index is 13.4. The van der Waals surface area contributed by atoms with Crippen molar-refractivity contribution in [3.63, 3.8) is 0 Å². The highest BCUT2D eigenvalue weighted by Gasteiger charge is 2.27. The van der Waals surface area contributed by atoms with Crippen molar-refractivity contribution in [3.8, 4) is 0 Å². The van der Waals surface area contributed by atoms with Gasteiger partial charge in [0.2, 0.25) is 10.0 Å². The second-order valence-electron chi connectivity index (χ2n) is 8.64. The minimum absolute atomic E-state index is 0.143. The van der Waals surface area contributed by atoms with Gasteiger partial charge in [-0.2, -0.15) is 0 Å². The number of benzene rings is 1.